The van der Waals surface area contributed by atoms with Gasteiger partial charge in [-0.3, -0.25) is 9.69 Å². The second kappa shape index (κ2) is 7.03. The van der Waals surface area contributed by atoms with Crippen molar-refractivity contribution >= 4 is 11.9 Å². The molecule has 0 saturated carbocycles. The van der Waals surface area contributed by atoms with Crippen molar-refractivity contribution in [1.82, 2.24) is 4.90 Å². The van der Waals surface area contributed by atoms with Crippen molar-refractivity contribution in [3.05, 3.63) is 34.9 Å². The van der Waals surface area contributed by atoms with Crippen molar-refractivity contribution in [3.8, 4) is 0 Å². The van der Waals surface area contributed by atoms with Gasteiger partial charge in [0.2, 0.25) is 0 Å². The number of Topliss-reactive ketones (excluding diaryl/α,β-unsaturated/α-hetero) is 1. The average Bonchev–Trinajstić information content (AvgIpc) is 2.53. The first-order valence-corrected chi connectivity index (χ1v) is 9.36. The van der Waals surface area contributed by atoms with E-state index in [1.54, 1.807) is 0 Å². The van der Waals surface area contributed by atoms with Crippen molar-refractivity contribution in [2.45, 2.75) is 65.1 Å². The molecule has 0 aliphatic carbocycles. The molecule has 0 aromatic heterocycles. The first-order valence-electron chi connectivity index (χ1n) is 9.36. The van der Waals surface area contributed by atoms with Crippen LogP contribution in [0.1, 0.15) is 55.1 Å². The van der Waals surface area contributed by atoms with Gasteiger partial charge in [0, 0.05) is 11.5 Å². The second-order valence-electron chi connectivity index (χ2n) is 8.58. The van der Waals surface area contributed by atoms with Gasteiger partial charge < -0.3 is 9.47 Å². The summed E-state index contributed by atoms with van der Waals surface area (Å²) in [5.41, 5.74) is 2.38. The van der Waals surface area contributed by atoms with E-state index in [0.717, 1.165) is 16.7 Å². The zero-order chi connectivity index (χ0) is 19.1. The molecule has 2 saturated heterocycles. The monoisotopic (exact) mass is 359 g/mol. The zero-order valence-electron chi connectivity index (χ0n) is 16.4. The molecule has 2 fully saturated rings. The minimum Gasteiger partial charge on any atom is -0.444 e. The van der Waals surface area contributed by atoms with E-state index >= 15 is 0 Å². The highest BCUT2D eigenvalue weighted by Gasteiger charge is 2.45. The summed E-state index contributed by atoms with van der Waals surface area (Å²) < 4.78 is 11.2. The molecule has 5 heteroatoms. The Balaban J connectivity index is 1.78. The predicted octanol–water partition coefficient (Wildman–Crippen LogP) is 3.90. The van der Waals surface area contributed by atoms with Crippen LogP contribution < -0.4 is 0 Å². The van der Waals surface area contributed by atoms with Gasteiger partial charge in [-0.1, -0.05) is 17.7 Å². The van der Waals surface area contributed by atoms with Crippen molar-refractivity contribution in [2.24, 2.45) is 5.92 Å². The van der Waals surface area contributed by atoms with Crippen LogP contribution in [0.4, 0.5) is 4.79 Å². The quantitative estimate of drug-likeness (QED) is 0.752. The number of morpholine rings is 1. The fourth-order valence-electron chi connectivity index (χ4n) is 3.96. The van der Waals surface area contributed by atoms with Crippen molar-refractivity contribution in [3.63, 3.8) is 0 Å². The number of ether oxygens (including phenoxy) is 2. The Bertz CT molecular complexity index is 692. The fraction of sp³-hybridized carbons (Fsp3) is 0.619. The molecule has 2 aliphatic heterocycles. The van der Waals surface area contributed by atoms with Crippen LogP contribution in [0.25, 0.3) is 0 Å². The highest BCUT2D eigenvalue weighted by atomic mass is 16.6. The lowest BCUT2D eigenvalue weighted by molar-refractivity contribution is -0.0861. The van der Waals surface area contributed by atoms with Crippen LogP contribution in [-0.2, 0) is 9.47 Å². The van der Waals surface area contributed by atoms with Gasteiger partial charge in [0.25, 0.3) is 0 Å². The molecule has 0 spiro atoms. The van der Waals surface area contributed by atoms with Gasteiger partial charge in [0.15, 0.2) is 5.78 Å². The van der Waals surface area contributed by atoms with Gasteiger partial charge in [-0.25, -0.2) is 4.79 Å². The van der Waals surface area contributed by atoms with Crippen LogP contribution in [0.5, 0.6) is 0 Å². The third-order valence-electron chi connectivity index (χ3n) is 5.15. The molecule has 1 aromatic rings. The number of piperidine rings is 1. The smallest absolute Gasteiger partial charge is 0.410 e. The molecule has 2 bridgehead atoms. The lowest BCUT2D eigenvalue weighted by Crippen LogP contribution is -2.60. The summed E-state index contributed by atoms with van der Waals surface area (Å²) in [5, 5.41) is 0. The Morgan fingerprint density at radius 3 is 2.31 bits per heavy atom. The van der Waals surface area contributed by atoms with E-state index in [-0.39, 0.29) is 29.9 Å². The van der Waals surface area contributed by atoms with Crippen LogP contribution in [0.2, 0.25) is 0 Å². The number of ketones is 1. The minimum atomic E-state index is -0.530. The molecule has 1 amide bonds. The summed E-state index contributed by atoms with van der Waals surface area (Å²) in [6.45, 7) is 10.5. The van der Waals surface area contributed by atoms with E-state index in [0.29, 0.717) is 26.1 Å². The van der Waals surface area contributed by atoms with E-state index < -0.39 is 5.60 Å². The number of hydrogen-bond donors (Lipinski definition) is 0. The lowest BCUT2D eigenvalue weighted by atomic mass is 9.80. The first-order chi connectivity index (χ1) is 12.2. The maximum absolute atomic E-state index is 13.1. The number of carbonyl (C=O) groups excluding carboxylic acids is 2. The number of nitrogens with zero attached hydrogens (tertiary/aromatic N) is 1. The first kappa shape index (κ1) is 18.9. The third-order valence-corrected chi connectivity index (χ3v) is 5.15. The summed E-state index contributed by atoms with van der Waals surface area (Å²) in [5.74, 6) is 0.111. The van der Waals surface area contributed by atoms with Gasteiger partial charge in [-0.05, 0) is 59.1 Å². The van der Waals surface area contributed by atoms with Gasteiger partial charge >= 0.3 is 6.09 Å². The molecular formula is C21H29NO4. The van der Waals surface area contributed by atoms with Gasteiger partial charge in [-0.2, -0.15) is 0 Å². The Kier molecular flexibility index (Phi) is 5.11. The molecule has 5 nitrogen and oxygen atoms in total. The Morgan fingerprint density at radius 2 is 1.73 bits per heavy atom. The fourth-order valence-corrected chi connectivity index (χ4v) is 3.96. The van der Waals surface area contributed by atoms with Gasteiger partial charge in [0.05, 0.1) is 25.3 Å². The Labute approximate surface area is 155 Å². The third kappa shape index (κ3) is 3.93. The molecule has 1 aromatic carbocycles. The van der Waals surface area contributed by atoms with Crippen molar-refractivity contribution < 1.29 is 19.1 Å². The molecule has 2 unspecified atom stereocenters. The van der Waals surface area contributed by atoms with Crippen molar-refractivity contribution in [1.29, 1.82) is 0 Å². The van der Waals surface area contributed by atoms with E-state index in [9.17, 15) is 9.59 Å². The van der Waals surface area contributed by atoms with Gasteiger partial charge in [-0.15, -0.1) is 0 Å². The zero-order valence-corrected chi connectivity index (χ0v) is 16.4. The van der Waals surface area contributed by atoms with Crippen LogP contribution in [-0.4, -0.2) is 47.7 Å². The number of rotatable bonds is 2. The van der Waals surface area contributed by atoms with E-state index in [2.05, 4.69) is 0 Å². The maximum atomic E-state index is 13.1. The largest absolute Gasteiger partial charge is 0.444 e. The number of benzene rings is 1. The van der Waals surface area contributed by atoms with Crippen LogP contribution in [0.15, 0.2) is 18.2 Å². The number of aryl methyl sites for hydroxylation is 2. The predicted molar refractivity (Wildman–Crippen MR) is 99.4 cm³/mol. The Hall–Kier alpha value is -1.88. The van der Waals surface area contributed by atoms with Crippen LogP contribution >= 0.6 is 0 Å². The van der Waals surface area contributed by atoms with Gasteiger partial charge in [0.1, 0.15) is 5.60 Å². The van der Waals surface area contributed by atoms with Crippen LogP contribution in [0, 0.1) is 19.8 Å². The summed E-state index contributed by atoms with van der Waals surface area (Å²) in [6.07, 6.45) is 0.956. The van der Waals surface area contributed by atoms with Crippen LogP contribution in [0.3, 0.4) is 0 Å². The molecule has 26 heavy (non-hydrogen) atoms. The maximum Gasteiger partial charge on any atom is 0.410 e. The van der Waals surface area contributed by atoms with E-state index in [1.165, 1.54) is 0 Å². The molecular weight excluding hydrogens is 330 g/mol. The summed E-state index contributed by atoms with van der Waals surface area (Å²) in [4.78, 5) is 27.6. The average molecular weight is 359 g/mol. The highest BCUT2D eigenvalue weighted by Crippen LogP contribution is 2.35. The molecule has 3 rings (SSSR count). The number of hydrogen-bond acceptors (Lipinski definition) is 4. The van der Waals surface area contributed by atoms with Crippen molar-refractivity contribution in [2.75, 3.05) is 13.2 Å². The standard InChI is InChI=1S/C21H29NO4/c1-13-6-7-14(2)18(8-13)19(23)15-9-16-11-25-12-17(10-15)22(16)20(24)26-21(3,4)5/h6-8,15-17H,9-12H2,1-5H3. The summed E-state index contributed by atoms with van der Waals surface area (Å²) >= 11 is 0. The second-order valence-corrected chi connectivity index (χ2v) is 8.58. The molecule has 2 atom stereocenters. The number of carbonyl (C=O) groups is 2. The molecule has 2 heterocycles. The molecule has 142 valence electrons. The topological polar surface area (TPSA) is 55.8 Å². The summed E-state index contributed by atoms with van der Waals surface area (Å²) in [7, 11) is 0. The van der Waals surface area contributed by atoms with E-state index in [4.69, 9.17) is 9.47 Å². The molecule has 0 N–H and O–H groups in total. The number of fused-ring (bicyclic) bond motifs is 2. The number of amides is 1. The molecule has 2 aliphatic rings. The summed E-state index contributed by atoms with van der Waals surface area (Å²) in [6, 6.07) is 5.81. The SMILES string of the molecule is Cc1ccc(C)c(C(=O)C2CC3COCC(C2)N3C(=O)OC(C)(C)C)c1. The lowest BCUT2D eigenvalue weighted by Gasteiger charge is -2.47. The Morgan fingerprint density at radius 1 is 1.12 bits per heavy atom. The molecule has 0 radical (unpaired) electrons. The highest BCUT2D eigenvalue weighted by molar-refractivity contribution is 5.99. The normalized spacial score (nSPS) is 25.7. The minimum absolute atomic E-state index is 0.0758. The van der Waals surface area contributed by atoms with E-state index in [1.807, 2.05) is 57.7 Å².